The van der Waals surface area contributed by atoms with Crippen LogP contribution in [0.2, 0.25) is 0 Å². The fraction of sp³-hybridized carbons (Fsp3) is 0.130. The molecule has 6 nitrogen and oxygen atoms in total. The van der Waals surface area contributed by atoms with E-state index in [9.17, 15) is 4.79 Å². The minimum Gasteiger partial charge on any atom is -0.369 e. The summed E-state index contributed by atoms with van der Waals surface area (Å²) in [6.45, 7) is 1.03. The summed E-state index contributed by atoms with van der Waals surface area (Å²) in [4.78, 5) is 26.0. The van der Waals surface area contributed by atoms with Crippen molar-refractivity contribution in [3.8, 4) is 11.3 Å². The molecule has 7 heteroatoms. The fourth-order valence-electron chi connectivity index (χ4n) is 2.98. The molecule has 2 N–H and O–H groups in total. The standard InChI is InChI=1S/C23H21N5OS/c29-23(27-15-17-4-3-10-24-14-17)20-6-7-21(18-9-13-30-16-18)28-22(20)26-12-8-19-5-1-2-11-25-19/h1-7,9-11,13-14,16H,8,12,15H2,(H,26,28)(H,27,29). The first kappa shape index (κ1) is 19.7. The van der Waals surface area contributed by atoms with Gasteiger partial charge < -0.3 is 10.6 Å². The predicted molar refractivity (Wildman–Crippen MR) is 119 cm³/mol. The van der Waals surface area contributed by atoms with Crippen LogP contribution < -0.4 is 10.6 Å². The largest absolute Gasteiger partial charge is 0.369 e. The molecule has 4 aromatic rings. The van der Waals surface area contributed by atoms with Crippen LogP contribution in [-0.4, -0.2) is 27.4 Å². The summed E-state index contributed by atoms with van der Waals surface area (Å²) in [5.41, 5.74) is 4.31. The number of rotatable bonds is 8. The zero-order valence-corrected chi connectivity index (χ0v) is 17.1. The molecule has 150 valence electrons. The maximum absolute atomic E-state index is 12.8. The quantitative estimate of drug-likeness (QED) is 0.451. The van der Waals surface area contributed by atoms with Crippen LogP contribution in [0.15, 0.2) is 77.9 Å². The van der Waals surface area contributed by atoms with E-state index in [1.165, 1.54) is 0 Å². The van der Waals surface area contributed by atoms with Gasteiger partial charge in [-0.25, -0.2) is 4.98 Å². The van der Waals surface area contributed by atoms with E-state index in [0.717, 1.165) is 28.9 Å². The van der Waals surface area contributed by atoms with E-state index in [1.54, 1.807) is 29.9 Å². The fourth-order valence-corrected chi connectivity index (χ4v) is 3.63. The molecule has 30 heavy (non-hydrogen) atoms. The molecule has 4 heterocycles. The van der Waals surface area contributed by atoms with Crippen molar-refractivity contribution >= 4 is 23.1 Å². The summed E-state index contributed by atoms with van der Waals surface area (Å²) in [5, 5.41) is 10.3. The third kappa shape index (κ3) is 5.07. The molecule has 0 unspecified atom stereocenters. The van der Waals surface area contributed by atoms with Gasteiger partial charge in [-0.2, -0.15) is 11.3 Å². The zero-order valence-electron chi connectivity index (χ0n) is 16.3. The van der Waals surface area contributed by atoms with Crippen LogP contribution in [0.5, 0.6) is 0 Å². The van der Waals surface area contributed by atoms with Crippen molar-refractivity contribution < 1.29 is 4.79 Å². The van der Waals surface area contributed by atoms with Crippen LogP contribution >= 0.6 is 11.3 Å². The molecule has 0 aliphatic carbocycles. The van der Waals surface area contributed by atoms with Crippen molar-refractivity contribution in [2.45, 2.75) is 13.0 Å². The van der Waals surface area contributed by atoms with Crippen LogP contribution in [0.1, 0.15) is 21.6 Å². The Morgan fingerprint density at radius 3 is 2.77 bits per heavy atom. The van der Waals surface area contributed by atoms with E-state index in [2.05, 4.69) is 20.6 Å². The Balaban J connectivity index is 1.51. The van der Waals surface area contributed by atoms with Gasteiger partial charge in [0.25, 0.3) is 5.91 Å². The lowest BCUT2D eigenvalue weighted by molar-refractivity contribution is 0.0951. The molecule has 0 saturated carbocycles. The Hall–Kier alpha value is -3.58. The number of thiophene rings is 1. The van der Waals surface area contributed by atoms with Gasteiger partial charge in [0.1, 0.15) is 5.82 Å². The number of nitrogens with one attached hydrogen (secondary N) is 2. The number of aromatic nitrogens is 3. The lowest BCUT2D eigenvalue weighted by Gasteiger charge is -2.13. The summed E-state index contributed by atoms with van der Waals surface area (Å²) >= 11 is 1.62. The second-order valence-corrected chi connectivity index (χ2v) is 7.43. The lowest BCUT2D eigenvalue weighted by atomic mass is 10.1. The maximum Gasteiger partial charge on any atom is 0.255 e. The first-order valence-electron chi connectivity index (χ1n) is 9.64. The van der Waals surface area contributed by atoms with Crippen molar-refractivity contribution in [2.75, 3.05) is 11.9 Å². The highest BCUT2D eigenvalue weighted by Crippen LogP contribution is 2.24. The number of pyridine rings is 3. The van der Waals surface area contributed by atoms with Crippen molar-refractivity contribution in [1.82, 2.24) is 20.3 Å². The Morgan fingerprint density at radius 1 is 1.03 bits per heavy atom. The van der Waals surface area contributed by atoms with E-state index >= 15 is 0 Å². The van der Waals surface area contributed by atoms with Gasteiger partial charge in [0, 0.05) is 54.7 Å². The molecule has 0 aliphatic heterocycles. The molecule has 0 atom stereocenters. The number of carbonyl (C=O) groups excluding carboxylic acids is 1. The number of amides is 1. The van der Waals surface area contributed by atoms with E-state index in [1.807, 2.05) is 59.3 Å². The van der Waals surface area contributed by atoms with E-state index in [-0.39, 0.29) is 5.91 Å². The SMILES string of the molecule is O=C(NCc1cccnc1)c1ccc(-c2ccsc2)nc1NCCc1ccccn1. The number of anilines is 1. The molecule has 0 bridgehead atoms. The monoisotopic (exact) mass is 415 g/mol. The van der Waals surface area contributed by atoms with Crippen LogP contribution in [0.3, 0.4) is 0 Å². The third-order valence-electron chi connectivity index (χ3n) is 4.53. The Bertz CT molecular complexity index is 1090. The normalized spacial score (nSPS) is 10.5. The number of hydrogen-bond acceptors (Lipinski definition) is 6. The zero-order chi connectivity index (χ0) is 20.6. The average molecular weight is 416 g/mol. The predicted octanol–water partition coefficient (Wildman–Crippen LogP) is 4.18. The van der Waals surface area contributed by atoms with Gasteiger partial charge in [0.15, 0.2) is 0 Å². The molecular formula is C23H21N5OS. The number of nitrogens with zero attached hydrogens (tertiary/aromatic N) is 3. The van der Waals surface area contributed by atoms with Crippen LogP contribution in [0.4, 0.5) is 5.82 Å². The molecule has 0 fully saturated rings. The summed E-state index contributed by atoms with van der Waals surface area (Å²) in [6.07, 6.45) is 5.97. The Labute approximate surface area is 179 Å². The van der Waals surface area contributed by atoms with Gasteiger partial charge in [0.2, 0.25) is 0 Å². The highest BCUT2D eigenvalue weighted by atomic mass is 32.1. The van der Waals surface area contributed by atoms with Crippen molar-refractivity contribution in [1.29, 1.82) is 0 Å². The summed E-state index contributed by atoms with van der Waals surface area (Å²) in [7, 11) is 0. The smallest absolute Gasteiger partial charge is 0.255 e. The minimum absolute atomic E-state index is 0.177. The molecule has 4 aromatic heterocycles. The van der Waals surface area contributed by atoms with Crippen LogP contribution in [0.25, 0.3) is 11.3 Å². The van der Waals surface area contributed by atoms with Gasteiger partial charge in [-0.05, 0) is 47.3 Å². The molecule has 0 radical (unpaired) electrons. The molecule has 0 aliphatic rings. The highest BCUT2D eigenvalue weighted by Gasteiger charge is 2.14. The van der Waals surface area contributed by atoms with Crippen molar-refractivity contribution in [3.05, 3.63) is 94.7 Å². The van der Waals surface area contributed by atoms with Gasteiger partial charge >= 0.3 is 0 Å². The van der Waals surface area contributed by atoms with E-state index in [4.69, 9.17) is 4.98 Å². The first-order valence-corrected chi connectivity index (χ1v) is 10.6. The van der Waals surface area contributed by atoms with Crippen LogP contribution in [0, 0.1) is 0 Å². The van der Waals surface area contributed by atoms with Gasteiger partial charge in [-0.15, -0.1) is 0 Å². The minimum atomic E-state index is -0.177. The third-order valence-corrected chi connectivity index (χ3v) is 5.22. The van der Waals surface area contributed by atoms with Gasteiger partial charge in [-0.3, -0.25) is 14.8 Å². The Morgan fingerprint density at radius 2 is 2.00 bits per heavy atom. The summed E-state index contributed by atoms with van der Waals surface area (Å²) in [5.74, 6) is 0.391. The second kappa shape index (κ2) is 9.76. The second-order valence-electron chi connectivity index (χ2n) is 6.65. The molecule has 0 saturated heterocycles. The average Bonchev–Trinajstić information content (AvgIpc) is 3.34. The molecule has 0 spiro atoms. The molecular weight excluding hydrogens is 394 g/mol. The first-order chi connectivity index (χ1) is 14.8. The topological polar surface area (TPSA) is 79.8 Å². The Kier molecular flexibility index (Phi) is 6.41. The van der Waals surface area contributed by atoms with Crippen molar-refractivity contribution in [3.63, 3.8) is 0 Å². The number of carbonyl (C=O) groups is 1. The summed E-state index contributed by atoms with van der Waals surface area (Å²) < 4.78 is 0. The van der Waals surface area contributed by atoms with Gasteiger partial charge in [-0.1, -0.05) is 12.1 Å². The highest BCUT2D eigenvalue weighted by molar-refractivity contribution is 7.08. The number of hydrogen-bond donors (Lipinski definition) is 2. The van der Waals surface area contributed by atoms with Crippen molar-refractivity contribution in [2.24, 2.45) is 0 Å². The van der Waals surface area contributed by atoms with E-state index < -0.39 is 0 Å². The van der Waals surface area contributed by atoms with Crippen LogP contribution in [-0.2, 0) is 13.0 Å². The lowest BCUT2D eigenvalue weighted by Crippen LogP contribution is -2.25. The van der Waals surface area contributed by atoms with Gasteiger partial charge in [0.05, 0.1) is 11.3 Å². The molecule has 0 aromatic carbocycles. The molecule has 4 rings (SSSR count). The summed E-state index contributed by atoms with van der Waals surface area (Å²) in [6, 6.07) is 15.3. The maximum atomic E-state index is 12.8. The molecule has 1 amide bonds. The van der Waals surface area contributed by atoms with E-state index in [0.29, 0.717) is 24.5 Å².